The summed E-state index contributed by atoms with van der Waals surface area (Å²) in [6.07, 6.45) is 0.828. The van der Waals surface area contributed by atoms with Gasteiger partial charge < -0.3 is 95.1 Å². The second kappa shape index (κ2) is 42.4. The number of aromatic nitrogens is 3. The molecule has 1 fully saturated rings. The van der Waals surface area contributed by atoms with Crippen LogP contribution in [0.1, 0.15) is 86.6 Å². The van der Waals surface area contributed by atoms with Crippen molar-refractivity contribution in [2.24, 2.45) is 11.5 Å². The maximum atomic E-state index is 14.9. The van der Waals surface area contributed by atoms with Crippen molar-refractivity contribution in [2.75, 3.05) is 72.6 Å². The molecule has 2 aromatic heterocycles. The molecule has 1 aliphatic rings. The van der Waals surface area contributed by atoms with Crippen LogP contribution in [0.5, 0.6) is 0 Å². The van der Waals surface area contributed by atoms with Crippen LogP contribution in [0.25, 0.3) is 23.1 Å². The third-order valence-corrected chi connectivity index (χ3v) is 17.0. The van der Waals surface area contributed by atoms with Crippen LogP contribution in [-0.2, 0) is 68.7 Å². The summed E-state index contributed by atoms with van der Waals surface area (Å²) >= 11 is 1.27. The van der Waals surface area contributed by atoms with Crippen molar-refractivity contribution in [2.45, 2.75) is 124 Å². The molecule has 3 heterocycles. The van der Waals surface area contributed by atoms with Crippen molar-refractivity contribution in [3.8, 4) is 0 Å². The lowest BCUT2D eigenvalue weighted by molar-refractivity contribution is -0.141. The number of aliphatic hydroxyl groups is 2. The second-order valence-corrected chi connectivity index (χ2v) is 25.2. The van der Waals surface area contributed by atoms with Crippen LogP contribution in [0.2, 0.25) is 0 Å². The Morgan fingerprint density at radius 2 is 1.42 bits per heavy atom. The highest BCUT2D eigenvalue weighted by Crippen LogP contribution is 2.34. The SMILES string of the molecule is CNC(=O)c1ccccc1Sc1ccc2c(/C=C/c3ccccn3)nn(C(=O)N(CCCOC(C)=O)CCC(=O)N[C@@H](CCN)C(=O)N[C@H](C(=O)NCC(=O)N[C@H]3CCNC(=O)[C@@H]([C@@H](C)O)NC(=O)CNC(=O)CNC(=O)CNC(=O)[C@@H](CCc4ccccc4)NC(=O)[C@H](CCN)NC3=O)[C@@H](C)O)c2c1. The number of nitrogens with zero attached hydrogens (tertiary/aromatic N) is 4. The van der Waals surface area contributed by atoms with Crippen molar-refractivity contribution in [3.05, 3.63) is 120 Å². The third kappa shape index (κ3) is 26.8. The zero-order valence-corrected chi connectivity index (χ0v) is 59.2. The fraction of sp³-hybridized carbons (Fsp3) is 0.420. The molecule has 1 saturated heterocycles. The summed E-state index contributed by atoms with van der Waals surface area (Å²) in [4.78, 5) is 196. The van der Waals surface area contributed by atoms with E-state index in [2.05, 4.69) is 68.8 Å². The van der Waals surface area contributed by atoms with E-state index in [9.17, 15) is 77.3 Å². The highest BCUT2D eigenvalue weighted by atomic mass is 32.2. The van der Waals surface area contributed by atoms with E-state index >= 15 is 0 Å². The Labute approximate surface area is 608 Å². The highest BCUT2D eigenvalue weighted by molar-refractivity contribution is 7.99. The number of pyridine rings is 1. The lowest BCUT2D eigenvalue weighted by Gasteiger charge is -2.26. The molecular weight excluding hydrogens is 1380 g/mol. The normalized spacial score (nSPS) is 17.8. The van der Waals surface area contributed by atoms with Gasteiger partial charge in [0, 0.05) is 61.4 Å². The van der Waals surface area contributed by atoms with E-state index in [1.54, 1.807) is 103 Å². The average molecular weight is 1480 g/mol. The maximum absolute atomic E-state index is 14.9. The largest absolute Gasteiger partial charge is 0.466 e. The summed E-state index contributed by atoms with van der Waals surface area (Å²) in [6, 6.07) is 16.4. The minimum atomic E-state index is -1.81. The van der Waals surface area contributed by atoms with Gasteiger partial charge in [-0.05, 0) is 126 Å². The van der Waals surface area contributed by atoms with Crippen LogP contribution < -0.4 is 75.3 Å². The molecule has 6 rings (SSSR count). The monoisotopic (exact) mass is 1470 g/mol. The lowest BCUT2D eigenvalue weighted by atomic mass is 10.0. The number of esters is 1. The number of fused-ring (bicyclic) bond motifs is 1. The van der Waals surface area contributed by atoms with Gasteiger partial charge in [0.1, 0.15) is 36.3 Å². The molecule has 18 N–H and O–H groups in total. The molecule has 1 aliphatic heterocycles. The second-order valence-electron chi connectivity index (χ2n) is 24.1. The van der Waals surface area contributed by atoms with Crippen molar-refractivity contribution in [1.29, 1.82) is 0 Å². The Morgan fingerprint density at radius 3 is 2.10 bits per heavy atom. The molecule has 3 aromatic carbocycles. The molecule has 105 heavy (non-hydrogen) atoms. The third-order valence-electron chi connectivity index (χ3n) is 16.0. The van der Waals surface area contributed by atoms with Crippen molar-refractivity contribution in [1.82, 2.24) is 83.5 Å². The summed E-state index contributed by atoms with van der Waals surface area (Å²) in [5.74, 6) is -11.2. The summed E-state index contributed by atoms with van der Waals surface area (Å²) < 4.78 is 6.33. The van der Waals surface area contributed by atoms with E-state index in [4.69, 9.17) is 21.3 Å². The van der Waals surface area contributed by atoms with E-state index in [0.717, 1.165) is 12.5 Å². The average Bonchev–Trinajstić information content (AvgIpc) is 1.63. The molecule has 35 nitrogen and oxygen atoms in total. The van der Waals surface area contributed by atoms with Gasteiger partial charge in [0.05, 0.1) is 67.5 Å². The molecule has 0 saturated carbocycles. The molecule has 0 bridgehead atoms. The van der Waals surface area contributed by atoms with Gasteiger partial charge in [-0.2, -0.15) is 9.78 Å². The molecule has 5 aromatic rings. The van der Waals surface area contributed by atoms with Crippen LogP contribution in [-0.4, -0.2) is 234 Å². The van der Waals surface area contributed by atoms with Crippen LogP contribution in [0.3, 0.4) is 0 Å². The molecule has 8 atom stereocenters. The lowest BCUT2D eigenvalue weighted by Crippen LogP contribution is -2.59. The first-order valence-electron chi connectivity index (χ1n) is 33.8. The van der Waals surface area contributed by atoms with Crippen LogP contribution >= 0.6 is 11.8 Å². The van der Waals surface area contributed by atoms with Crippen molar-refractivity contribution in [3.63, 3.8) is 0 Å². The van der Waals surface area contributed by atoms with Crippen molar-refractivity contribution < 1.29 is 82.1 Å². The summed E-state index contributed by atoms with van der Waals surface area (Å²) in [5.41, 5.74) is 14.3. The van der Waals surface area contributed by atoms with Gasteiger partial charge in [-0.15, -0.1) is 0 Å². The quantitative estimate of drug-likeness (QED) is 0.0172. The summed E-state index contributed by atoms with van der Waals surface area (Å²) in [6.45, 7) is -0.694. The van der Waals surface area contributed by atoms with Gasteiger partial charge >= 0.3 is 12.0 Å². The van der Waals surface area contributed by atoms with E-state index in [-0.39, 0.29) is 70.8 Å². The van der Waals surface area contributed by atoms with E-state index in [0.29, 0.717) is 37.6 Å². The van der Waals surface area contributed by atoms with Crippen LogP contribution in [0.15, 0.2) is 107 Å². The Balaban J connectivity index is 1.17. The predicted octanol–water partition coefficient (Wildman–Crippen LogP) is -3.29. The number of amides is 13. The van der Waals surface area contributed by atoms with E-state index in [1.807, 2.05) is 6.07 Å². The Bertz CT molecular complexity index is 3920. The smallest absolute Gasteiger partial charge is 0.345 e. The number of benzene rings is 3. The Hall–Kier alpha value is -11.2. The number of carbonyl (C=O) groups excluding carboxylic acids is 14. The summed E-state index contributed by atoms with van der Waals surface area (Å²) in [5, 5.41) is 55.7. The van der Waals surface area contributed by atoms with Crippen molar-refractivity contribution >= 4 is 118 Å². The molecule has 0 spiro atoms. The molecule has 0 aliphatic carbocycles. The fourth-order valence-electron chi connectivity index (χ4n) is 10.4. The molecule has 36 heteroatoms. The van der Waals surface area contributed by atoms with Gasteiger partial charge in [0.2, 0.25) is 65.0 Å². The highest BCUT2D eigenvalue weighted by Gasteiger charge is 2.34. The van der Waals surface area contributed by atoms with Gasteiger partial charge in [0.15, 0.2) is 0 Å². The van der Waals surface area contributed by atoms with Gasteiger partial charge in [-0.25, -0.2) is 4.79 Å². The molecule has 0 unspecified atom stereocenters. The van der Waals surface area contributed by atoms with E-state index in [1.165, 1.54) is 42.2 Å². The number of nitrogens with two attached hydrogens (primary N) is 2. The minimum Gasteiger partial charge on any atom is -0.466 e. The number of carbonyl (C=O) groups is 14. The number of nitrogens with one attached hydrogen (secondary N) is 12. The topological polar surface area (TPSA) is 519 Å². The Morgan fingerprint density at radius 1 is 0.733 bits per heavy atom. The van der Waals surface area contributed by atoms with Crippen LogP contribution in [0.4, 0.5) is 4.79 Å². The molecule has 0 radical (unpaired) electrons. The van der Waals surface area contributed by atoms with Gasteiger partial charge in [-0.1, -0.05) is 60.3 Å². The standard InChI is InChI=1S/C69H90N18O17S/c1-40(88)60-67(101)74-31-26-52(65(99)82-51(25-29-71)64(98)81-49(22-18-43-13-6-5-7-14-43)63(97)77-37-57(93)75-36-56(92)76-38-59(95)83-60)80-58(94)39-78-68(102)61(41(2)89)84-66(100)50(24-28-70)79-55(91)27-33-86(32-12-34-104-42(3)90)69(103)87-53-35-45(105-54-17-9-8-16-47(54)62(96)72-4)20-21-46(53)48(85-87)23-19-44-15-10-11-30-73-44/h5-11,13-17,19-21,23,30,35,40-41,49-52,60-61,88-89H,12,18,22,24-29,31-34,36-39,70-71H2,1-4H3,(H,72,96)(H,74,101)(H,75,93)(H,76,92)(H,77,97)(H,78,102)(H,79,91)(H,80,94)(H,81,98)(H,82,99)(H,83,95)(H,84,100)/b23-19+/t40-,41-,49-,50+,51+,52+,60-,61+/m1/s1. The number of aryl methyl sites for hydroxylation is 1. The minimum absolute atomic E-state index is 0.0165. The first-order valence-corrected chi connectivity index (χ1v) is 34.6. The Kier molecular flexibility index (Phi) is 33.4. The van der Waals surface area contributed by atoms with Gasteiger partial charge in [-0.3, -0.25) is 67.3 Å². The first-order chi connectivity index (χ1) is 50.3. The molecular formula is C69H90N18O17S. The first kappa shape index (κ1) is 82.7. The molecule has 13 amide bonds. The summed E-state index contributed by atoms with van der Waals surface area (Å²) in [7, 11) is 1.52. The zero-order valence-electron chi connectivity index (χ0n) is 58.4. The predicted molar refractivity (Wildman–Crippen MR) is 382 cm³/mol. The number of rotatable bonds is 28. The maximum Gasteiger partial charge on any atom is 0.345 e. The number of aliphatic hydroxyl groups excluding tert-OH is 2. The zero-order chi connectivity index (χ0) is 76.5. The number of hydrogen-bond donors (Lipinski definition) is 16. The van der Waals surface area contributed by atoms with E-state index < -0.39 is 171 Å². The van der Waals surface area contributed by atoms with Crippen LogP contribution in [0, 0.1) is 0 Å². The number of hydrogen-bond acceptors (Lipinski definition) is 22. The number of ether oxygens (including phenoxy) is 1. The fourth-order valence-corrected chi connectivity index (χ4v) is 11.4. The van der Waals surface area contributed by atoms with Gasteiger partial charge in [0.25, 0.3) is 5.91 Å². The molecule has 564 valence electrons.